The van der Waals surface area contributed by atoms with Crippen molar-refractivity contribution in [2.75, 3.05) is 13.2 Å². The number of nitroso groups, excluding NO2 is 1. The second-order valence-electron chi connectivity index (χ2n) is 2.91. The van der Waals surface area contributed by atoms with Gasteiger partial charge in [-0.25, -0.2) is 0 Å². The highest BCUT2D eigenvalue weighted by molar-refractivity contribution is 4.95. The number of nitrogens with zero attached hydrogens (tertiary/aromatic N) is 1. The zero-order valence-electron chi connectivity index (χ0n) is 6.70. The van der Waals surface area contributed by atoms with Crippen molar-refractivity contribution in [2.24, 2.45) is 5.18 Å². The Hall–Kier alpha value is -0.600. The van der Waals surface area contributed by atoms with Crippen LogP contribution in [0, 0.1) is 4.91 Å². The van der Waals surface area contributed by atoms with Gasteiger partial charge in [-0.3, -0.25) is 0 Å². The Morgan fingerprint density at radius 2 is 2.08 bits per heavy atom. The van der Waals surface area contributed by atoms with E-state index in [1.165, 1.54) is 0 Å². The van der Waals surface area contributed by atoms with Crippen LogP contribution in [-0.2, 0) is 4.74 Å². The molecule has 1 heterocycles. The third kappa shape index (κ3) is 1.69. The van der Waals surface area contributed by atoms with Gasteiger partial charge in [0.15, 0.2) is 0 Å². The molecule has 7 nitrogen and oxygen atoms in total. The van der Waals surface area contributed by atoms with Crippen LogP contribution in [0.2, 0.25) is 0 Å². The summed E-state index contributed by atoms with van der Waals surface area (Å²) in [6, 6.07) is 0. The van der Waals surface area contributed by atoms with Crippen molar-refractivity contribution in [3.63, 3.8) is 0 Å². The second-order valence-corrected chi connectivity index (χ2v) is 2.91. The van der Waals surface area contributed by atoms with Gasteiger partial charge < -0.3 is 25.2 Å². The Balaban J connectivity index is 2.71. The van der Waals surface area contributed by atoms with Crippen LogP contribution in [0.3, 0.4) is 0 Å². The first-order chi connectivity index (χ1) is 6.05. The maximum atomic E-state index is 9.85. The van der Waals surface area contributed by atoms with Crippen molar-refractivity contribution >= 4 is 0 Å². The molecule has 1 aliphatic rings. The first kappa shape index (κ1) is 10.5. The van der Waals surface area contributed by atoms with E-state index in [1.54, 1.807) is 0 Å². The molecule has 1 aliphatic heterocycles. The van der Waals surface area contributed by atoms with Gasteiger partial charge in [0.2, 0.25) is 5.79 Å². The zero-order valence-corrected chi connectivity index (χ0v) is 6.70. The zero-order chi connectivity index (χ0) is 10.1. The van der Waals surface area contributed by atoms with Crippen LogP contribution < -0.4 is 0 Å². The molecular formula is C6H11NO6. The van der Waals surface area contributed by atoms with E-state index in [0.29, 0.717) is 0 Å². The molecule has 0 amide bonds. The number of hydrogen-bond donors (Lipinski definition) is 4. The van der Waals surface area contributed by atoms with E-state index in [-0.39, 0.29) is 6.54 Å². The highest BCUT2D eigenvalue weighted by atomic mass is 16.7. The smallest absolute Gasteiger partial charge is 0.219 e. The Bertz CT molecular complexity index is 200. The van der Waals surface area contributed by atoms with Crippen molar-refractivity contribution in [1.82, 2.24) is 0 Å². The maximum Gasteiger partial charge on any atom is 0.219 e. The van der Waals surface area contributed by atoms with E-state index in [4.69, 9.17) is 5.11 Å². The first-order valence-corrected chi connectivity index (χ1v) is 3.71. The van der Waals surface area contributed by atoms with Crippen molar-refractivity contribution < 1.29 is 25.2 Å². The molecule has 0 spiro atoms. The van der Waals surface area contributed by atoms with Crippen LogP contribution in [0.1, 0.15) is 0 Å². The Kier molecular flexibility index (Phi) is 2.94. The molecule has 13 heavy (non-hydrogen) atoms. The van der Waals surface area contributed by atoms with Gasteiger partial charge in [0.1, 0.15) is 24.9 Å². The maximum absolute atomic E-state index is 9.85. The Morgan fingerprint density at radius 3 is 2.46 bits per heavy atom. The van der Waals surface area contributed by atoms with Gasteiger partial charge in [0.05, 0.1) is 6.61 Å². The van der Waals surface area contributed by atoms with Gasteiger partial charge in [-0.05, 0) is 0 Å². The van der Waals surface area contributed by atoms with Crippen LogP contribution >= 0.6 is 0 Å². The lowest BCUT2D eigenvalue weighted by atomic mass is 10.1. The molecule has 4 atom stereocenters. The molecule has 0 bridgehead atoms. The third-order valence-electron chi connectivity index (χ3n) is 2.00. The van der Waals surface area contributed by atoms with Crippen LogP contribution in [0.4, 0.5) is 0 Å². The molecule has 1 fully saturated rings. The molecule has 0 saturated carbocycles. The molecule has 0 aromatic heterocycles. The van der Waals surface area contributed by atoms with Crippen LogP contribution in [0.5, 0.6) is 0 Å². The van der Waals surface area contributed by atoms with Crippen LogP contribution in [0.25, 0.3) is 0 Å². The molecule has 1 saturated heterocycles. The molecule has 76 valence electrons. The number of ether oxygens (including phenoxy) is 1. The SMILES string of the molecule is O=NCC1OC(O)(CO)C(O)C1O. The Morgan fingerprint density at radius 1 is 1.46 bits per heavy atom. The summed E-state index contributed by atoms with van der Waals surface area (Å²) in [4.78, 5) is 9.85. The highest BCUT2D eigenvalue weighted by Gasteiger charge is 2.53. The molecular weight excluding hydrogens is 182 g/mol. The highest BCUT2D eigenvalue weighted by Crippen LogP contribution is 2.28. The van der Waals surface area contributed by atoms with Crippen LogP contribution in [0.15, 0.2) is 5.18 Å². The summed E-state index contributed by atoms with van der Waals surface area (Å²) < 4.78 is 4.67. The summed E-state index contributed by atoms with van der Waals surface area (Å²) in [6.45, 7) is -1.25. The number of rotatable bonds is 3. The first-order valence-electron chi connectivity index (χ1n) is 3.71. The minimum Gasteiger partial charge on any atom is -0.391 e. The van der Waals surface area contributed by atoms with Gasteiger partial charge in [0.25, 0.3) is 0 Å². The largest absolute Gasteiger partial charge is 0.391 e. The lowest BCUT2D eigenvalue weighted by molar-refractivity contribution is -0.244. The fourth-order valence-electron chi connectivity index (χ4n) is 1.22. The van der Waals surface area contributed by atoms with Crippen molar-refractivity contribution in [2.45, 2.75) is 24.1 Å². The van der Waals surface area contributed by atoms with Gasteiger partial charge in [-0.15, -0.1) is 0 Å². The van der Waals surface area contributed by atoms with Crippen LogP contribution in [-0.4, -0.2) is 57.7 Å². The van der Waals surface area contributed by atoms with E-state index in [2.05, 4.69) is 9.91 Å². The van der Waals surface area contributed by atoms with Gasteiger partial charge in [0, 0.05) is 0 Å². The van der Waals surface area contributed by atoms with E-state index < -0.39 is 30.7 Å². The number of aliphatic hydroxyl groups is 4. The monoisotopic (exact) mass is 193 g/mol. The molecule has 4 N–H and O–H groups in total. The minimum atomic E-state index is -2.20. The lowest BCUT2D eigenvalue weighted by Crippen LogP contribution is -2.46. The quantitative estimate of drug-likeness (QED) is 0.369. The van der Waals surface area contributed by atoms with Gasteiger partial charge in [-0.1, -0.05) is 5.18 Å². The number of aliphatic hydroxyl groups excluding tert-OH is 3. The average Bonchev–Trinajstić information content (AvgIpc) is 2.33. The predicted molar refractivity (Wildman–Crippen MR) is 39.6 cm³/mol. The third-order valence-corrected chi connectivity index (χ3v) is 2.00. The summed E-state index contributed by atoms with van der Waals surface area (Å²) in [7, 11) is 0. The molecule has 0 radical (unpaired) electrons. The molecule has 1 rings (SSSR count). The molecule has 0 aromatic rings. The molecule has 4 unspecified atom stereocenters. The van der Waals surface area contributed by atoms with Crippen molar-refractivity contribution in [1.29, 1.82) is 0 Å². The normalized spacial score (nSPS) is 45.1. The summed E-state index contributed by atoms with van der Waals surface area (Å²) in [5, 5.41) is 38.8. The topological polar surface area (TPSA) is 120 Å². The summed E-state index contributed by atoms with van der Waals surface area (Å²) in [6.07, 6.45) is -4.14. The predicted octanol–water partition coefficient (Wildman–Crippen LogP) is -2.45. The van der Waals surface area contributed by atoms with E-state index in [1.807, 2.05) is 0 Å². The minimum absolute atomic E-state index is 0.388. The van der Waals surface area contributed by atoms with Gasteiger partial charge in [-0.2, -0.15) is 4.91 Å². The lowest BCUT2D eigenvalue weighted by Gasteiger charge is -2.22. The molecule has 7 heteroatoms. The second kappa shape index (κ2) is 3.64. The summed E-state index contributed by atoms with van der Waals surface area (Å²) >= 11 is 0. The summed E-state index contributed by atoms with van der Waals surface area (Å²) in [5.41, 5.74) is 0. The Labute approximate surface area is 73.5 Å². The van der Waals surface area contributed by atoms with E-state index in [9.17, 15) is 20.2 Å². The fraction of sp³-hybridized carbons (Fsp3) is 1.00. The van der Waals surface area contributed by atoms with Crippen molar-refractivity contribution in [3.8, 4) is 0 Å². The average molecular weight is 193 g/mol. The molecule has 0 aromatic carbocycles. The standard InChI is InChI=1S/C6H11NO6/c8-2-6(11)5(10)4(9)3(13-6)1-7-12/h3-5,8-11H,1-2H2. The fourth-order valence-corrected chi connectivity index (χ4v) is 1.22. The summed E-state index contributed by atoms with van der Waals surface area (Å²) in [5.74, 6) is -2.20. The van der Waals surface area contributed by atoms with Crippen molar-refractivity contribution in [3.05, 3.63) is 4.91 Å². The molecule has 0 aliphatic carbocycles. The number of hydrogen-bond acceptors (Lipinski definition) is 7. The van der Waals surface area contributed by atoms with E-state index >= 15 is 0 Å². The van der Waals surface area contributed by atoms with Gasteiger partial charge >= 0.3 is 0 Å². The van der Waals surface area contributed by atoms with E-state index in [0.717, 1.165) is 0 Å².